The summed E-state index contributed by atoms with van der Waals surface area (Å²) in [5.74, 6) is 1.44. The van der Waals surface area contributed by atoms with Crippen LogP contribution in [0, 0.1) is 0 Å². The van der Waals surface area contributed by atoms with Crippen molar-refractivity contribution in [1.29, 1.82) is 0 Å². The number of thiophene rings is 1. The Bertz CT molecular complexity index is 731. The lowest BCUT2D eigenvalue weighted by atomic mass is 9.99. The Kier molecular flexibility index (Phi) is 5.48. The van der Waals surface area contributed by atoms with Crippen LogP contribution in [-0.4, -0.2) is 31.7 Å². The topological polar surface area (TPSA) is 50.8 Å². The van der Waals surface area contributed by atoms with E-state index in [1.807, 2.05) is 28.5 Å². The number of urea groups is 1. The van der Waals surface area contributed by atoms with Crippen LogP contribution in [0.15, 0.2) is 29.6 Å². The summed E-state index contributed by atoms with van der Waals surface area (Å²) in [4.78, 5) is 15.8. The Labute approximate surface area is 152 Å². The van der Waals surface area contributed by atoms with Gasteiger partial charge in [0.1, 0.15) is 0 Å². The smallest absolute Gasteiger partial charge is 0.318 e. The Morgan fingerprint density at radius 1 is 1.28 bits per heavy atom. The molecule has 1 atom stereocenters. The van der Waals surface area contributed by atoms with Crippen molar-refractivity contribution in [2.75, 3.05) is 20.8 Å². The number of nitrogens with zero attached hydrogens (tertiary/aromatic N) is 1. The highest BCUT2D eigenvalue weighted by Crippen LogP contribution is 2.33. The van der Waals surface area contributed by atoms with Gasteiger partial charge in [-0.15, -0.1) is 11.3 Å². The van der Waals surface area contributed by atoms with Crippen molar-refractivity contribution in [3.05, 3.63) is 45.6 Å². The second-order valence-corrected chi connectivity index (χ2v) is 7.05. The van der Waals surface area contributed by atoms with E-state index in [-0.39, 0.29) is 12.1 Å². The van der Waals surface area contributed by atoms with Crippen LogP contribution in [0.4, 0.5) is 4.79 Å². The van der Waals surface area contributed by atoms with Crippen LogP contribution in [0.1, 0.15) is 35.4 Å². The molecule has 0 radical (unpaired) electrons. The second-order valence-electron chi connectivity index (χ2n) is 6.07. The number of nitrogens with one attached hydrogen (secondary N) is 1. The molecule has 5 nitrogen and oxygen atoms in total. The third kappa shape index (κ3) is 3.74. The first-order valence-corrected chi connectivity index (χ1v) is 9.36. The van der Waals surface area contributed by atoms with Gasteiger partial charge in [-0.2, -0.15) is 0 Å². The maximum absolute atomic E-state index is 12.7. The fourth-order valence-electron chi connectivity index (χ4n) is 3.16. The molecule has 3 rings (SSSR count). The molecule has 1 aliphatic rings. The van der Waals surface area contributed by atoms with Crippen LogP contribution in [0.25, 0.3) is 0 Å². The molecule has 0 saturated carbocycles. The van der Waals surface area contributed by atoms with Crippen LogP contribution in [0.5, 0.6) is 11.5 Å². The van der Waals surface area contributed by atoms with Crippen molar-refractivity contribution in [1.82, 2.24) is 10.2 Å². The van der Waals surface area contributed by atoms with E-state index < -0.39 is 0 Å². The molecule has 0 aliphatic carbocycles. The molecule has 2 aromatic rings. The first-order chi connectivity index (χ1) is 12.2. The molecule has 2 heterocycles. The van der Waals surface area contributed by atoms with Crippen LogP contribution < -0.4 is 14.8 Å². The average molecular weight is 360 g/mol. The number of hydrogen-bond acceptors (Lipinski definition) is 4. The lowest BCUT2D eigenvalue weighted by Crippen LogP contribution is -2.43. The molecule has 0 bridgehead atoms. The van der Waals surface area contributed by atoms with Crippen molar-refractivity contribution in [2.24, 2.45) is 0 Å². The molecule has 1 aliphatic heterocycles. The van der Waals surface area contributed by atoms with Crippen LogP contribution >= 0.6 is 11.3 Å². The lowest BCUT2D eigenvalue weighted by molar-refractivity contribution is 0.188. The Morgan fingerprint density at radius 3 is 2.60 bits per heavy atom. The Balaban J connectivity index is 1.72. The number of fused-ring (bicyclic) bond motifs is 1. The van der Waals surface area contributed by atoms with Crippen molar-refractivity contribution in [3.63, 3.8) is 0 Å². The number of carbonyl (C=O) groups is 1. The van der Waals surface area contributed by atoms with Gasteiger partial charge in [-0.05, 0) is 47.5 Å². The van der Waals surface area contributed by atoms with Gasteiger partial charge in [-0.25, -0.2) is 4.79 Å². The van der Waals surface area contributed by atoms with Crippen molar-refractivity contribution in [3.8, 4) is 11.5 Å². The van der Waals surface area contributed by atoms with Gasteiger partial charge in [-0.3, -0.25) is 0 Å². The van der Waals surface area contributed by atoms with Gasteiger partial charge in [0.05, 0.1) is 20.3 Å². The van der Waals surface area contributed by atoms with Gasteiger partial charge in [0.15, 0.2) is 11.5 Å². The predicted octanol–water partition coefficient (Wildman–Crippen LogP) is 3.98. The average Bonchev–Trinajstić information content (AvgIpc) is 3.18. The standard InChI is InChI=1S/C19H24N2O3S/c1-4-15(18-6-5-9-25-18)20-19(22)21-8-7-13-10-16(23-2)17(24-3)11-14(13)12-21/h5-6,9-11,15H,4,7-8,12H2,1-3H3,(H,20,22). The summed E-state index contributed by atoms with van der Waals surface area (Å²) >= 11 is 1.68. The quantitative estimate of drug-likeness (QED) is 0.877. The second kappa shape index (κ2) is 7.78. The normalized spacial score (nSPS) is 14.6. The zero-order valence-corrected chi connectivity index (χ0v) is 15.7. The fourth-order valence-corrected chi connectivity index (χ4v) is 4.02. The summed E-state index contributed by atoms with van der Waals surface area (Å²) in [6, 6.07) is 8.14. The minimum absolute atomic E-state index is 0.0133. The van der Waals surface area contributed by atoms with Gasteiger partial charge in [-0.1, -0.05) is 13.0 Å². The first kappa shape index (κ1) is 17.6. The minimum Gasteiger partial charge on any atom is -0.493 e. The highest BCUT2D eigenvalue weighted by molar-refractivity contribution is 7.10. The number of benzene rings is 1. The maximum Gasteiger partial charge on any atom is 0.318 e. The number of carbonyl (C=O) groups excluding carboxylic acids is 1. The number of rotatable bonds is 5. The molecule has 2 amide bonds. The van der Waals surface area contributed by atoms with Crippen LogP contribution in [0.2, 0.25) is 0 Å². The van der Waals surface area contributed by atoms with Crippen molar-refractivity contribution in [2.45, 2.75) is 32.4 Å². The summed E-state index contributed by atoms with van der Waals surface area (Å²) in [6.45, 7) is 3.38. The molecule has 1 aromatic heterocycles. The number of methoxy groups -OCH3 is 2. The van der Waals surface area contributed by atoms with E-state index in [0.29, 0.717) is 18.8 Å². The molecule has 1 aromatic carbocycles. The minimum atomic E-state index is -0.0133. The van der Waals surface area contributed by atoms with E-state index in [1.165, 1.54) is 10.4 Å². The van der Waals surface area contributed by atoms with E-state index in [1.54, 1.807) is 25.6 Å². The zero-order valence-electron chi connectivity index (χ0n) is 14.9. The molecule has 0 fully saturated rings. The molecular formula is C19H24N2O3S. The summed E-state index contributed by atoms with van der Waals surface area (Å²) in [6.07, 6.45) is 1.70. The van der Waals surface area contributed by atoms with E-state index >= 15 is 0 Å². The van der Waals surface area contributed by atoms with Crippen molar-refractivity contribution >= 4 is 17.4 Å². The van der Waals surface area contributed by atoms with E-state index in [0.717, 1.165) is 24.2 Å². The van der Waals surface area contributed by atoms with E-state index in [2.05, 4.69) is 18.3 Å². The van der Waals surface area contributed by atoms with Crippen LogP contribution in [0.3, 0.4) is 0 Å². The summed E-state index contributed by atoms with van der Waals surface area (Å²) < 4.78 is 10.8. The number of hydrogen-bond donors (Lipinski definition) is 1. The summed E-state index contributed by atoms with van der Waals surface area (Å²) in [7, 11) is 3.27. The molecule has 6 heteroatoms. The van der Waals surface area contributed by atoms with E-state index in [4.69, 9.17) is 9.47 Å². The van der Waals surface area contributed by atoms with Crippen molar-refractivity contribution < 1.29 is 14.3 Å². The predicted molar refractivity (Wildman–Crippen MR) is 99.5 cm³/mol. The lowest BCUT2D eigenvalue weighted by Gasteiger charge is -2.31. The van der Waals surface area contributed by atoms with Gasteiger partial charge in [0, 0.05) is 18.0 Å². The molecule has 0 spiro atoms. The highest BCUT2D eigenvalue weighted by atomic mass is 32.1. The third-order valence-electron chi connectivity index (χ3n) is 4.60. The molecule has 1 unspecified atom stereocenters. The molecule has 25 heavy (non-hydrogen) atoms. The first-order valence-electron chi connectivity index (χ1n) is 8.48. The number of amides is 2. The number of ether oxygens (including phenoxy) is 2. The molecule has 1 N–H and O–H groups in total. The van der Waals surface area contributed by atoms with Gasteiger partial charge in [0.25, 0.3) is 0 Å². The summed E-state index contributed by atoms with van der Waals surface area (Å²) in [5, 5.41) is 5.20. The maximum atomic E-state index is 12.7. The highest BCUT2D eigenvalue weighted by Gasteiger charge is 2.24. The third-order valence-corrected chi connectivity index (χ3v) is 5.58. The zero-order chi connectivity index (χ0) is 17.8. The van der Waals surface area contributed by atoms with E-state index in [9.17, 15) is 4.79 Å². The SMILES string of the molecule is CCC(NC(=O)N1CCc2cc(OC)c(OC)cc2C1)c1cccs1. The van der Waals surface area contributed by atoms with Gasteiger partial charge < -0.3 is 19.7 Å². The monoisotopic (exact) mass is 360 g/mol. The molecule has 0 saturated heterocycles. The summed E-state index contributed by atoms with van der Waals surface area (Å²) in [5.41, 5.74) is 2.33. The fraction of sp³-hybridized carbons (Fsp3) is 0.421. The largest absolute Gasteiger partial charge is 0.493 e. The van der Waals surface area contributed by atoms with Gasteiger partial charge >= 0.3 is 6.03 Å². The molecule has 134 valence electrons. The van der Waals surface area contributed by atoms with Crippen LogP contribution in [-0.2, 0) is 13.0 Å². The molecular weight excluding hydrogens is 336 g/mol. The van der Waals surface area contributed by atoms with Gasteiger partial charge in [0.2, 0.25) is 0 Å². The Hall–Kier alpha value is -2.21. The Morgan fingerprint density at radius 2 is 2.00 bits per heavy atom.